The number of hydrogen-bond donors (Lipinski definition) is 0. The summed E-state index contributed by atoms with van der Waals surface area (Å²) in [6.45, 7) is 1.88. The number of carbonyl (C=O) groups excluding carboxylic acids is 1. The van der Waals surface area contributed by atoms with Gasteiger partial charge in [0.15, 0.2) is 10.9 Å². The van der Waals surface area contributed by atoms with Gasteiger partial charge in [-0.2, -0.15) is 0 Å². The molecule has 0 saturated heterocycles. The first-order chi connectivity index (χ1) is 8.22. The Morgan fingerprint density at radius 3 is 2.82 bits per heavy atom. The largest absolute Gasteiger partial charge is 0.329 e. The molecule has 1 aromatic carbocycles. The topological polar surface area (TPSA) is 34.9 Å². The highest BCUT2D eigenvalue weighted by atomic mass is 32.2. The standard InChI is InChI=1S/C13H14N2OS/c1-3-11(16)10-6-4-5-7-12(10)17-13-14-8-9-15(13)2/h4-9H,3H2,1-2H3. The average molecular weight is 246 g/mol. The Labute approximate surface area is 105 Å². The van der Waals surface area contributed by atoms with E-state index in [1.807, 2.05) is 49.0 Å². The molecule has 0 amide bonds. The predicted octanol–water partition coefficient (Wildman–Crippen LogP) is 3.16. The lowest BCUT2D eigenvalue weighted by Gasteiger charge is -2.06. The average Bonchev–Trinajstić information content (AvgIpc) is 2.75. The van der Waals surface area contributed by atoms with Crippen LogP contribution in [0.25, 0.3) is 0 Å². The quantitative estimate of drug-likeness (QED) is 0.777. The first kappa shape index (κ1) is 11.9. The smallest absolute Gasteiger partial charge is 0.172 e. The van der Waals surface area contributed by atoms with Gasteiger partial charge in [-0.15, -0.1) is 0 Å². The van der Waals surface area contributed by atoms with Crippen molar-refractivity contribution in [1.82, 2.24) is 9.55 Å². The van der Waals surface area contributed by atoms with Gasteiger partial charge in [0.05, 0.1) is 0 Å². The summed E-state index contributed by atoms with van der Waals surface area (Å²) in [5, 5.41) is 0.890. The van der Waals surface area contributed by atoms with Crippen molar-refractivity contribution in [2.75, 3.05) is 0 Å². The number of benzene rings is 1. The molecule has 17 heavy (non-hydrogen) atoms. The van der Waals surface area contributed by atoms with E-state index >= 15 is 0 Å². The lowest BCUT2D eigenvalue weighted by atomic mass is 10.1. The fourth-order valence-electron chi connectivity index (χ4n) is 1.53. The molecule has 0 spiro atoms. The third-order valence-corrected chi connectivity index (χ3v) is 3.64. The summed E-state index contributed by atoms with van der Waals surface area (Å²) in [5.74, 6) is 0.169. The number of nitrogens with zero attached hydrogens (tertiary/aromatic N) is 2. The van der Waals surface area contributed by atoms with Gasteiger partial charge in [-0.25, -0.2) is 4.98 Å². The van der Waals surface area contributed by atoms with Crippen LogP contribution >= 0.6 is 11.8 Å². The molecule has 0 aliphatic rings. The van der Waals surface area contributed by atoms with E-state index in [-0.39, 0.29) is 5.78 Å². The van der Waals surface area contributed by atoms with Crippen LogP contribution in [0, 0.1) is 0 Å². The highest BCUT2D eigenvalue weighted by Crippen LogP contribution is 2.29. The molecule has 0 atom stereocenters. The molecule has 88 valence electrons. The van der Waals surface area contributed by atoms with Crippen molar-refractivity contribution in [2.45, 2.75) is 23.4 Å². The maximum Gasteiger partial charge on any atom is 0.172 e. The van der Waals surface area contributed by atoms with Crippen LogP contribution in [-0.2, 0) is 7.05 Å². The molecule has 3 nitrogen and oxygen atoms in total. The van der Waals surface area contributed by atoms with Crippen LogP contribution in [0.15, 0.2) is 46.7 Å². The summed E-state index contributed by atoms with van der Waals surface area (Å²) in [5.41, 5.74) is 0.781. The Morgan fingerprint density at radius 2 is 2.18 bits per heavy atom. The van der Waals surface area contributed by atoms with E-state index in [4.69, 9.17) is 0 Å². The molecule has 0 bridgehead atoms. The molecular formula is C13H14N2OS. The molecule has 0 radical (unpaired) electrons. The molecule has 0 N–H and O–H groups in total. The Bertz CT molecular complexity index is 534. The molecule has 0 aliphatic heterocycles. The second-order valence-electron chi connectivity index (χ2n) is 3.70. The monoisotopic (exact) mass is 246 g/mol. The first-order valence-electron chi connectivity index (χ1n) is 5.49. The molecule has 4 heteroatoms. The van der Waals surface area contributed by atoms with Crippen molar-refractivity contribution >= 4 is 17.5 Å². The number of hydrogen-bond acceptors (Lipinski definition) is 3. The van der Waals surface area contributed by atoms with Gasteiger partial charge < -0.3 is 4.57 Å². The number of carbonyl (C=O) groups is 1. The summed E-state index contributed by atoms with van der Waals surface area (Å²) < 4.78 is 1.94. The van der Waals surface area contributed by atoms with Crippen LogP contribution in [0.3, 0.4) is 0 Å². The Balaban J connectivity index is 2.33. The number of ketones is 1. The fraction of sp³-hybridized carbons (Fsp3) is 0.231. The number of imidazole rings is 1. The molecule has 0 saturated carbocycles. The molecule has 0 fully saturated rings. The van der Waals surface area contributed by atoms with Crippen molar-refractivity contribution in [3.05, 3.63) is 42.2 Å². The van der Waals surface area contributed by atoms with Crippen LogP contribution in [0.4, 0.5) is 0 Å². The molecule has 2 rings (SSSR count). The molecule has 1 aromatic heterocycles. The molecule has 0 unspecified atom stereocenters. The minimum Gasteiger partial charge on any atom is -0.329 e. The van der Waals surface area contributed by atoms with Crippen molar-refractivity contribution < 1.29 is 4.79 Å². The van der Waals surface area contributed by atoms with E-state index in [0.717, 1.165) is 15.6 Å². The summed E-state index contributed by atoms with van der Waals surface area (Å²) in [6.07, 6.45) is 4.18. The van der Waals surface area contributed by atoms with Gasteiger partial charge in [0.25, 0.3) is 0 Å². The lowest BCUT2D eigenvalue weighted by Crippen LogP contribution is -1.99. The van der Waals surface area contributed by atoms with Crippen LogP contribution < -0.4 is 0 Å². The zero-order chi connectivity index (χ0) is 12.3. The number of Topliss-reactive ketones (excluding diaryl/α,β-unsaturated/α-hetero) is 1. The lowest BCUT2D eigenvalue weighted by molar-refractivity contribution is 0.0985. The van der Waals surface area contributed by atoms with E-state index in [1.54, 1.807) is 6.20 Å². The van der Waals surface area contributed by atoms with Gasteiger partial charge >= 0.3 is 0 Å². The molecule has 0 aliphatic carbocycles. The van der Waals surface area contributed by atoms with Crippen molar-refractivity contribution in [3.63, 3.8) is 0 Å². The Hall–Kier alpha value is -1.55. The van der Waals surface area contributed by atoms with E-state index in [1.165, 1.54) is 11.8 Å². The van der Waals surface area contributed by atoms with Crippen LogP contribution in [0.1, 0.15) is 23.7 Å². The molecule has 1 heterocycles. The molecule has 2 aromatic rings. The maximum atomic E-state index is 11.8. The van der Waals surface area contributed by atoms with Gasteiger partial charge in [0, 0.05) is 36.3 Å². The Morgan fingerprint density at radius 1 is 1.41 bits per heavy atom. The third kappa shape index (κ3) is 2.58. The second kappa shape index (κ2) is 5.19. The fourth-order valence-corrected chi connectivity index (χ4v) is 2.48. The van der Waals surface area contributed by atoms with Gasteiger partial charge in [-0.1, -0.05) is 36.9 Å². The SMILES string of the molecule is CCC(=O)c1ccccc1Sc1nccn1C. The third-order valence-electron chi connectivity index (χ3n) is 2.49. The highest BCUT2D eigenvalue weighted by Gasteiger charge is 2.11. The van der Waals surface area contributed by atoms with Gasteiger partial charge in [0.2, 0.25) is 0 Å². The first-order valence-corrected chi connectivity index (χ1v) is 6.31. The van der Waals surface area contributed by atoms with Crippen LogP contribution in [0.2, 0.25) is 0 Å². The van der Waals surface area contributed by atoms with Crippen molar-refractivity contribution in [3.8, 4) is 0 Å². The second-order valence-corrected chi connectivity index (χ2v) is 4.70. The van der Waals surface area contributed by atoms with Crippen LogP contribution in [-0.4, -0.2) is 15.3 Å². The maximum absolute atomic E-state index is 11.8. The summed E-state index contributed by atoms with van der Waals surface area (Å²) in [7, 11) is 1.94. The summed E-state index contributed by atoms with van der Waals surface area (Å²) >= 11 is 1.52. The predicted molar refractivity (Wildman–Crippen MR) is 68.4 cm³/mol. The van der Waals surface area contributed by atoms with E-state index in [9.17, 15) is 4.79 Å². The highest BCUT2D eigenvalue weighted by molar-refractivity contribution is 7.99. The van der Waals surface area contributed by atoms with Crippen LogP contribution in [0.5, 0.6) is 0 Å². The minimum atomic E-state index is 0.169. The minimum absolute atomic E-state index is 0.169. The van der Waals surface area contributed by atoms with E-state index in [2.05, 4.69) is 4.98 Å². The van der Waals surface area contributed by atoms with Gasteiger partial charge in [-0.05, 0) is 6.07 Å². The van der Waals surface area contributed by atoms with Gasteiger partial charge in [-0.3, -0.25) is 4.79 Å². The zero-order valence-corrected chi connectivity index (χ0v) is 10.7. The number of rotatable bonds is 4. The summed E-state index contributed by atoms with van der Waals surface area (Å²) in [6, 6.07) is 7.67. The van der Waals surface area contributed by atoms with Crippen molar-refractivity contribution in [1.29, 1.82) is 0 Å². The van der Waals surface area contributed by atoms with E-state index < -0.39 is 0 Å². The number of aryl methyl sites for hydroxylation is 1. The van der Waals surface area contributed by atoms with E-state index in [0.29, 0.717) is 6.42 Å². The Kier molecular flexibility index (Phi) is 3.64. The molecular weight excluding hydrogens is 232 g/mol. The zero-order valence-electron chi connectivity index (χ0n) is 9.88. The van der Waals surface area contributed by atoms with Crippen molar-refractivity contribution in [2.24, 2.45) is 7.05 Å². The number of aromatic nitrogens is 2. The van der Waals surface area contributed by atoms with Gasteiger partial charge in [0.1, 0.15) is 0 Å². The summed E-state index contributed by atoms with van der Waals surface area (Å²) in [4.78, 5) is 17.0. The normalized spacial score (nSPS) is 10.5.